The molecule has 0 saturated carbocycles. The van der Waals surface area contributed by atoms with Crippen molar-refractivity contribution in [1.82, 2.24) is 0 Å². The minimum Gasteiger partial charge on any atom is -0.0805 e. The van der Waals surface area contributed by atoms with Crippen molar-refractivity contribution in [3.63, 3.8) is 0 Å². The van der Waals surface area contributed by atoms with Crippen molar-refractivity contribution in [2.24, 2.45) is 11.8 Å². The second-order valence-corrected chi connectivity index (χ2v) is 3.56. The van der Waals surface area contributed by atoms with Gasteiger partial charge in [-0.2, -0.15) is 0 Å². The predicted molar refractivity (Wildman–Crippen MR) is 48.3 cm³/mol. The summed E-state index contributed by atoms with van der Waals surface area (Å²) in [6.45, 7) is 2.24. The Balaban J connectivity index is 2.22. The first-order chi connectivity index (χ1) is 5.36. The highest BCUT2D eigenvalue weighted by molar-refractivity contribution is 5.23. The standard InChI is InChI=1S/C11H14/c1-9-6-7-10-4-2-3-5-11(10)8-9/h2-5,8,10-11H,6-7H2,1H3/t10-,11-/m1/s1. The lowest BCUT2D eigenvalue weighted by atomic mass is 9.79. The lowest BCUT2D eigenvalue weighted by molar-refractivity contribution is 0.480. The molecule has 0 radical (unpaired) electrons. The van der Waals surface area contributed by atoms with Gasteiger partial charge in [-0.1, -0.05) is 36.0 Å². The molecule has 0 aliphatic heterocycles. The lowest BCUT2D eigenvalue weighted by Crippen LogP contribution is -2.14. The lowest BCUT2D eigenvalue weighted by Gasteiger charge is -2.26. The molecule has 58 valence electrons. The first-order valence-electron chi connectivity index (χ1n) is 4.38. The van der Waals surface area contributed by atoms with Crippen LogP contribution in [0.15, 0.2) is 36.0 Å². The van der Waals surface area contributed by atoms with Gasteiger partial charge in [0.15, 0.2) is 0 Å². The summed E-state index contributed by atoms with van der Waals surface area (Å²) in [6.07, 6.45) is 14.0. The molecule has 0 heteroatoms. The molecule has 0 N–H and O–H groups in total. The first kappa shape index (κ1) is 6.90. The van der Waals surface area contributed by atoms with E-state index >= 15 is 0 Å². The Bertz CT molecular complexity index is 230. The largest absolute Gasteiger partial charge is 0.0805 e. The number of hydrogen-bond donors (Lipinski definition) is 0. The maximum absolute atomic E-state index is 2.41. The number of rotatable bonds is 0. The zero-order valence-electron chi connectivity index (χ0n) is 6.96. The summed E-state index contributed by atoms with van der Waals surface area (Å²) in [5, 5.41) is 0. The van der Waals surface area contributed by atoms with Gasteiger partial charge in [-0.3, -0.25) is 0 Å². The van der Waals surface area contributed by atoms with E-state index in [1.54, 1.807) is 5.57 Å². The summed E-state index contributed by atoms with van der Waals surface area (Å²) in [5.74, 6) is 1.50. The van der Waals surface area contributed by atoms with Gasteiger partial charge in [-0.15, -0.1) is 0 Å². The van der Waals surface area contributed by atoms with Gasteiger partial charge >= 0.3 is 0 Å². The molecule has 2 aliphatic rings. The van der Waals surface area contributed by atoms with Crippen LogP contribution in [-0.4, -0.2) is 0 Å². The number of fused-ring (bicyclic) bond motifs is 1. The van der Waals surface area contributed by atoms with Crippen LogP contribution in [0.3, 0.4) is 0 Å². The Hall–Kier alpha value is -0.780. The fourth-order valence-corrected chi connectivity index (χ4v) is 1.94. The van der Waals surface area contributed by atoms with E-state index in [-0.39, 0.29) is 0 Å². The Labute approximate surface area is 68.3 Å². The molecule has 0 saturated heterocycles. The highest BCUT2D eigenvalue weighted by atomic mass is 14.2. The van der Waals surface area contributed by atoms with Crippen LogP contribution in [0.4, 0.5) is 0 Å². The van der Waals surface area contributed by atoms with E-state index in [4.69, 9.17) is 0 Å². The van der Waals surface area contributed by atoms with E-state index in [2.05, 4.69) is 37.3 Å². The normalized spacial score (nSPS) is 34.8. The molecular formula is C11H14. The molecular weight excluding hydrogens is 132 g/mol. The Morgan fingerprint density at radius 2 is 2.09 bits per heavy atom. The quantitative estimate of drug-likeness (QED) is 0.461. The van der Waals surface area contributed by atoms with Gasteiger partial charge in [0, 0.05) is 5.92 Å². The minimum atomic E-state index is 0.703. The van der Waals surface area contributed by atoms with Gasteiger partial charge in [-0.05, 0) is 25.7 Å². The fourth-order valence-electron chi connectivity index (χ4n) is 1.94. The van der Waals surface area contributed by atoms with Crippen molar-refractivity contribution in [3.05, 3.63) is 36.0 Å². The van der Waals surface area contributed by atoms with Crippen LogP contribution in [-0.2, 0) is 0 Å². The van der Waals surface area contributed by atoms with Gasteiger partial charge < -0.3 is 0 Å². The summed E-state index contributed by atoms with van der Waals surface area (Å²) in [6, 6.07) is 0. The van der Waals surface area contributed by atoms with Gasteiger partial charge in [-0.25, -0.2) is 0 Å². The van der Waals surface area contributed by atoms with Crippen molar-refractivity contribution in [1.29, 1.82) is 0 Å². The van der Waals surface area contributed by atoms with E-state index in [1.165, 1.54) is 12.8 Å². The van der Waals surface area contributed by atoms with Crippen molar-refractivity contribution >= 4 is 0 Å². The third-order valence-corrected chi connectivity index (χ3v) is 2.65. The third kappa shape index (κ3) is 1.30. The van der Waals surface area contributed by atoms with Gasteiger partial charge in [0.25, 0.3) is 0 Å². The average Bonchev–Trinajstić information content (AvgIpc) is 2.04. The van der Waals surface area contributed by atoms with E-state index < -0.39 is 0 Å². The molecule has 2 rings (SSSR count). The van der Waals surface area contributed by atoms with Crippen LogP contribution in [0.25, 0.3) is 0 Å². The molecule has 0 heterocycles. The third-order valence-electron chi connectivity index (χ3n) is 2.65. The molecule has 0 aromatic carbocycles. The second-order valence-electron chi connectivity index (χ2n) is 3.56. The highest BCUT2D eigenvalue weighted by Gasteiger charge is 2.19. The average molecular weight is 146 g/mol. The van der Waals surface area contributed by atoms with Crippen molar-refractivity contribution in [2.75, 3.05) is 0 Å². The smallest absolute Gasteiger partial charge is 0.00153 e. The Morgan fingerprint density at radius 1 is 1.27 bits per heavy atom. The first-order valence-corrected chi connectivity index (χ1v) is 4.38. The van der Waals surface area contributed by atoms with Crippen LogP contribution >= 0.6 is 0 Å². The summed E-state index contributed by atoms with van der Waals surface area (Å²) < 4.78 is 0. The SMILES string of the molecule is CC1=C[C@H]2C=CC=C[C@@H]2CC1. The fraction of sp³-hybridized carbons (Fsp3) is 0.455. The van der Waals surface area contributed by atoms with Gasteiger partial charge in [0.05, 0.1) is 0 Å². The summed E-state index contributed by atoms with van der Waals surface area (Å²) in [7, 11) is 0. The minimum absolute atomic E-state index is 0.703. The highest BCUT2D eigenvalue weighted by Crippen LogP contribution is 2.32. The molecule has 0 spiro atoms. The van der Waals surface area contributed by atoms with Crippen molar-refractivity contribution < 1.29 is 0 Å². The zero-order valence-corrected chi connectivity index (χ0v) is 6.96. The molecule has 2 atom stereocenters. The van der Waals surface area contributed by atoms with Crippen LogP contribution in [0.1, 0.15) is 19.8 Å². The van der Waals surface area contributed by atoms with E-state index in [9.17, 15) is 0 Å². The molecule has 0 amide bonds. The second kappa shape index (κ2) is 2.69. The van der Waals surface area contributed by atoms with E-state index in [1.807, 2.05) is 0 Å². The summed E-state index contributed by atoms with van der Waals surface area (Å²) in [4.78, 5) is 0. The molecule has 11 heavy (non-hydrogen) atoms. The van der Waals surface area contributed by atoms with Crippen molar-refractivity contribution in [2.45, 2.75) is 19.8 Å². The maximum atomic E-state index is 2.41. The van der Waals surface area contributed by atoms with Crippen LogP contribution in [0.5, 0.6) is 0 Å². The Kier molecular flexibility index (Phi) is 1.69. The summed E-state index contributed by atoms with van der Waals surface area (Å²) in [5.41, 5.74) is 1.56. The maximum Gasteiger partial charge on any atom is 0.00153 e. The molecule has 0 aromatic heterocycles. The van der Waals surface area contributed by atoms with Gasteiger partial charge in [0.2, 0.25) is 0 Å². The molecule has 2 aliphatic carbocycles. The van der Waals surface area contributed by atoms with Crippen LogP contribution < -0.4 is 0 Å². The van der Waals surface area contributed by atoms with Crippen molar-refractivity contribution in [3.8, 4) is 0 Å². The molecule has 0 bridgehead atoms. The predicted octanol–water partition coefficient (Wildman–Crippen LogP) is 3.08. The number of allylic oxidation sites excluding steroid dienone is 6. The van der Waals surface area contributed by atoms with Crippen LogP contribution in [0, 0.1) is 11.8 Å². The zero-order chi connectivity index (χ0) is 7.68. The molecule has 0 fully saturated rings. The molecule has 0 nitrogen and oxygen atoms in total. The number of hydrogen-bond acceptors (Lipinski definition) is 0. The van der Waals surface area contributed by atoms with E-state index in [0.29, 0.717) is 5.92 Å². The molecule has 0 aromatic rings. The van der Waals surface area contributed by atoms with Gasteiger partial charge in [0.1, 0.15) is 0 Å². The van der Waals surface area contributed by atoms with E-state index in [0.717, 1.165) is 5.92 Å². The topological polar surface area (TPSA) is 0 Å². The monoisotopic (exact) mass is 146 g/mol. The van der Waals surface area contributed by atoms with Crippen LogP contribution in [0.2, 0.25) is 0 Å². The summed E-state index contributed by atoms with van der Waals surface area (Å²) >= 11 is 0. The molecule has 0 unspecified atom stereocenters. The Morgan fingerprint density at radius 3 is 3.00 bits per heavy atom.